The van der Waals surface area contributed by atoms with Crippen LogP contribution in [-0.2, 0) is 11.2 Å². The molecular weight excluding hydrogens is 260 g/mol. The van der Waals surface area contributed by atoms with E-state index >= 15 is 0 Å². The standard InChI is InChI=1S/C18H20N2O/c1-12-6-5-8-14(10-12)13(2)19-18(21)17-11-15-7-3-4-9-16(15)20-17/h3-10,13,17,20H,11H2,1-2H3,(H,19,21)/t13-,17?/m1/s1. The molecule has 108 valence electrons. The third kappa shape index (κ3) is 2.92. The van der Waals surface area contributed by atoms with Crippen molar-refractivity contribution in [2.45, 2.75) is 32.4 Å². The molecule has 3 nitrogen and oxygen atoms in total. The van der Waals surface area contributed by atoms with Gasteiger partial charge in [0.05, 0.1) is 6.04 Å². The van der Waals surface area contributed by atoms with Crippen LogP contribution in [0.4, 0.5) is 5.69 Å². The first-order valence-electron chi connectivity index (χ1n) is 7.35. The van der Waals surface area contributed by atoms with Crippen LogP contribution >= 0.6 is 0 Å². The van der Waals surface area contributed by atoms with Gasteiger partial charge in [-0.05, 0) is 31.0 Å². The van der Waals surface area contributed by atoms with E-state index in [1.807, 2.05) is 31.2 Å². The summed E-state index contributed by atoms with van der Waals surface area (Å²) in [4.78, 5) is 12.4. The number of amides is 1. The topological polar surface area (TPSA) is 41.1 Å². The van der Waals surface area contributed by atoms with Gasteiger partial charge in [-0.2, -0.15) is 0 Å². The highest BCUT2D eigenvalue weighted by atomic mass is 16.2. The van der Waals surface area contributed by atoms with Crippen molar-refractivity contribution in [2.75, 3.05) is 5.32 Å². The lowest BCUT2D eigenvalue weighted by Gasteiger charge is -2.18. The van der Waals surface area contributed by atoms with Crippen LogP contribution in [0.5, 0.6) is 0 Å². The first-order valence-corrected chi connectivity index (χ1v) is 7.35. The Labute approximate surface area is 125 Å². The number of fused-ring (bicyclic) bond motifs is 1. The second-order valence-electron chi connectivity index (χ2n) is 5.70. The largest absolute Gasteiger partial charge is 0.373 e. The minimum atomic E-state index is -0.172. The average Bonchev–Trinajstić information content (AvgIpc) is 2.91. The van der Waals surface area contributed by atoms with Crippen molar-refractivity contribution in [1.29, 1.82) is 0 Å². The van der Waals surface area contributed by atoms with Crippen molar-refractivity contribution in [2.24, 2.45) is 0 Å². The molecule has 0 aliphatic carbocycles. The molecule has 2 atom stereocenters. The van der Waals surface area contributed by atoms with Crippen LogP contribution in [0.1, 0.15) is 29.7 Å². The molecule has 2 N–H and O–H groups in total. The highest BCUT2D eigenvalue weighted by Gasteiger charge is 2.27. The highest BCUT2D eigenvalue weighted by molar-refractivity contribution is 5.87. The van der Waals surface area contributed by atoms with Crippen molar-refractivity contribution < 1.29 is 4.79 Å². The number of para-hydroxylation sites is 1. The summed E-state index contributed by atoms with van der Waals surface area (Å²) in [5, 5.41) is 6.39. The summed E-state index contributed by atoms with van der Waals surface area (Å²) in [5.74, 6) is 0.0557. The van der Waals surface area contributed by atoms with Crippen LogP contribution in [0.25, 0.3) is 0 Å². The van der Waals surface area contributed by atoms with Gasteiger partial charge < -0.3 is 10.6 Å². The number of rotatable bonds is 3. The lowest BCUT2D eigenvalue weighted by Crippen LogP contribution is -2.39. The molecule has 0 spiro atoms. The van der Waals surface area contributed by atoms with Crippen molar-refractivity contribution in [3.05, 3.63) is 65.2 Å². The van der Waals surface area contributed by atoms with E-state index in [2.05, 4.69) is 41.8 Å². The van der Waals surface area contributed by atoms with E-state index in [0.29, 0.717) is 0 Å². The van der Waals surface area contributed by atoms with E-state index < -0.39 is 0 Å². The van der Waals surface area contributed by atoms with E-state index in [4.69, 9.17) is 0 Å². The number of anilines is 1. The summed E-state index contributed by atoms with van der Waals surface area (Å²) in [5.41, 5.74) is 4.63. The molecule has 1 aliphatic rings. The van der Waals surface area contributed by atoms with Crippen LogP contribution in [0, 0.1) is 6.92 Å². The van der Waals surface area contributed by atoms with Gasteiger partial charge in [-0.25, -0.2) is 0 Å². The predicted octanol–water partition coefficient (Wildman–Crippen LogP) is 3.21. The second kappa shape index (κ2) is 5.60. The van der Waals surface area contributed by atoms with Crippen LogP contribution in [0.3, 0.4) is 0 Å². The molecule has 1 aliphatic heterocycles. The monoisotopic (exact) mass is 280 g/mol. The molecule has 0 saturated heterocycles. The Morgan fingerprint density at radius 2 is 2.05 bits per heavy atom. The first kappa shape index (κ1) is 13.7. The van der Waals surface area contributed by atoms with Gasteiger partial charge in [-0.3, -0.25) is 4.79 Å². The molecule has 2 aromatic carbocycles. The molecule has 21 heavy (non-hydrogen) atoms. The van der Waals surface area contributed by atoms with E-state index in [1.54, 1.807) is 0 Å². The lowest BCUT2D eigenvalue weighted by atomic mass is 10.0. The number of nitrogens with one attached hydrogen (secondary N) is 2. The number of aryl methyl sites for hydroxylation is 1. The fourth-order valence-electron chi connectivity index (χ4n) is 2.79. The molecular formula is C18H20N2O. The maximum Gasteiger partial charge on any atom is 0.243 e. The summed E-state index contributed by atoms with van der Waals surface area (Å²) < 4.78 is 0. The Morgan fingerprint density at radius 1 is 1.24 bits per heavy atom. The average molecular weight is 280 g/mol. The Bertz CT molecular complexity index is 641. The predicted molar refractivity (Wildman–Crippen MR) is 85.3 cm³/mol. The summed E-state index contributed by atoms with van der Waals surface area (Å²) in [6.07, 6.45) is 0.753. The second-order valence-corrected chi connectivity index (χ2v) is 5.70. The minimum absolute atomic E-state index is 0.0166. The van der Waals surface area contributed by atoms with Crippen molar-refractivity contribution >= 4 is 11.6 Å². The van der Waals surface area contributed by atoms with Gasteiger partial charge in [0, 0.05) is 12.1 Å². The normalized spacial score (nSPS) is 17.7. The molecule has 0 aromatic heterocycles. The Balaban J connectivity index is 1.65. The molecule has 0 radical (unpaired) electrons. The number of hydrogen-bond acceptors (Lipinski definition) is 2. The third-order valence-corrected chi connectivity index (χ3v) is 3.99. The van der Waals surface area contributed by atoms with E-state index in [1.165, 1.54) is 11.1 Å². The molecule has 0 saturated carbocycles. The van der Waals surface area contributed by atoms with Gasteiger partial charge >= 0.3 is 0 Å². The van der Waals surface area contributed by atoms with Gasteiger partial charge in [-0.1, -0.05) is 48.0 Å². The Hall–Kier alpha value is -2.29. The molecule has 0 fully saturated rings. The van der Waals surface area contributed by atoms with Gasteiger partial charge in [-0.15, -0.1) is 0 Å². The van der Waals surface area contributed by atoms with Crippen molar-refractivity contribution in [1.82, 2.24) is 5.32 Å². The molecule has 1 amide bonds. The zero-order chi connectivity index (χ0) is 14.8. The van der Waals surface area contributed by atoms with Gasteiger partial charge in [0.25, 0.3) is 0 Å². The lowest BCUT2D eigenvalue weighted by molar-refractivity contribution is -0.122. The zero-order valence-corrected chi connectivity index (χ0v) is 12.4. The van der Waals surface area contributed by atoms with E-state index in [0.717, 1.165) is 17.7 Å². The Morgan fingerprint density at radius 3 is 2.81 bits per heavy atom. The van der Waals surface area contributed by atoms with E-state index in [9.17, 15) is 4.79 Å². The number of carbonyl (C=O) groups is 1. The molecule has 0 bridgehead atoms. The molecule has 3 rings (SSSR count). The Kier molecular flexibility index (Phi) is 3.65. The quantitative estimate of drug-likeness (QED) is 0.906. The van der Waals surface area contributed by atoms with Gasteiger partial charge in [0.2, 0.25) is 5.91 Å². The summed E-state index contributed by atoms with van der Waals surface area (Å²) in [6, 6.07) is 16.2. The van der Waals surface area contributed by atoms with E-state index in [-0.39, 0.29) is 18.0 Å². The fraction of sp³-hybridized carbons (Fsp3) is 0.278. The molecule has 1 heterocycles. The van der Waals surface area contributed by atoms with Gasteiger partial charge in [0.1, 0.15) is 6.04 Å². The third-order valence-electron chi connectivity index (χ3n) is 3.99. The zero-order valence-electron chi connectivity index (χ0n) is 12.4. The number of hydrogen-bond donors (Lipinski definition) is 2. The molecule has 2 aromatic rings. The van der Waals surface area contributed by atoms with Crippen LogP contribution in [0.2, 0.25) is 0 Å². The minimum Gasteiger partial charge on any atom is -0.373 e. The van der Waals surface area contributed by atoms with Crippen LogP contribution < -0.4 is 10.6 Å². The van der Waals surface area contributed by atoms with Crippen LogP contribution in [-0.4, -0.2) is 11.9 Å². The molecule has 3 heteroatoms. The summed E-state index contributed by atoms with van der Waals surface area (Å²) in [6.45, 7) is 4.09. The SMILES string of the molecule is Cc1cccc([C@@H](C)NC(=O)C2Cc3ccccc3N2)c1. The number of benzene rings is 2. The molecule has 1 unspecified atom stereocenters. The number of carbonyl (C=O) groups excluding carboxylic acids is 1. The van der Waals surface area contributed by atoms with Crippen molar-refractivity contribution in [3.63, 3.8) is 0 Å². The fourth-order valence-corrected chi connectivity index (χ4v) is 2.79. The first-order chi connectivity index (χ1) is 10.1. The maximum atomic E-state index is 12.4. The van der Waals surface area contributed by atoms with Gasteiger partial charge in [0.15, 0.2) is 0 Å². The van der Waals surface area contributed by atoms with Crippen molar-refractivity contribution in [3.8, 4) is 0 Å². The smallest absolute Gasteiger partial charge is 0.243 e. The highest BCUT2D eigenvalue weighted by Crippen LogP contribution is 2.25. The van der Waals surface area contributed by atoms with Crippen LogP contribution in [0.15, 0.2) is 48.5 Å². The summed E-state index contributed by atoms with van der Waals surface area (Å²) in [7, 11) is 0. The maximum absolute atomic E-state index is 12.4. The summed E-state index contributed by atoms with van der Waals surface area (Å²) >= 11 is 0.